The fourth-order valence-corrected chi connectivity index (χ4v) is 1.86. The van der Waals surface area contributed by atoms with E-state index in [-0.39, 0.29) is 11.7 Å². The standard InChI is InChI=1S/C13H10BrNO3/c1-8(16)9-2-4-10(5-3-9)15-13(17)11-6-7-18-12(11)14/h2-7H,1H3,(H,15,17). The Labute approximate surface area is 112 Å². The number of halogens is 1. The molecule has 0 spiro atoms. The molecule has 1 aromatic heterocycles. The average Bonchev–Trinajstić information content (AvgIpc) is 2.76. The Morgan fingerprint density at radius 1 is 1.17 bits per heavy atom. The van der Waals surface area contributed by atoms with Crippen molar-refractivity contribution in [3.05, 3.63) is 52.4 Å². The van der Waals surface area contributed by atoms with E-state index in [9.17, 15) is 9.59 Å². The molecule has 5 heteroatoms. The van der Waals surface area contributed by atoms with Crippen molar-refractivity contribution in [2.45, 2.75) is 6.92 Å². The summed E-state index contributed by atoms with van der Waals surface area (Å²) in [5, 5.41) is 2.71. The summed E-state index contributed by atoms with van der Waals surface area (Å²) in [6.45, 7) is 1.50. The molecule has 0 saturated carbocycles. The number of hydrogen-bond acceptors (Lipinski definition) is 3. The third-order valence-electron chi connectivity index (χ3n) is 2.41. The summed E-state index contributed by atoms with van der Waals surface area (Å²) in [5.41, 5.74) is 1.65. The average molecular weight is 308 g/mol. The van der Waals surface area contributed by atoms with Gasteiger partial charge in [-0.3, -0.25) is 9.59 Å². The Hall–Kier alpha value is -1.88. The molecule has 92 valence electrons. The highest BCUT2D eigenvalue weighted by Crippen LogP contribution is 2.19. The van der Waals surface area contributed by atoms with Gasteiger partial charge < -0.3 is 9.73 Å². The van der Waals surface area contributed by atoms with E-state index in [1.165, 1.54) is 13.2 Å². The molecular weight excluding hydrogens is 298 g/mol. The molecule has 1 aromatic carbocycles. The Morgan fingerprint density at radius 3 is 2.33 bits per heavy atom. The van der Waals surface area contributed by atoms with Crippen molar-refractivity contribution in [2.75, 3.05) is 5.32 Å². The van der Waals surface area contributed by atoms with E-state index in [0.29, 0.717) is 21.5 Å². The van der Waals surface area contributed by atoms with Crippen LogP contribution in [0.1, 0.15) is 27.6 Å². The van der Waals surface area contributed by atoms with E-state index >= 15 is 0 Å². The Bertz CT molecular complexity index is 587. The molecule has 0 fully saturated rings. The van der Waals surface area contributed by atoms with Crippen LogP contribution in [-0.4, -0.2) is 11.7 Å². The summed E-state index contributed by atoms with van der Waals surface area (Å²) in [4.78, 5) is 23.0. The van der Waals surface area contributed by atoms with Gasteiger partial charge in [0.05, 0.1) is 11.8 Å². The summed E-state index contributed by atoms with van der Waals surface area (Å²) in [6, 6.07) is 8.28. The predicted molar refractivity (Wildman–Crippen MR) is 70.8 cm³/mol. The molecule has 0 saturated heterocycles. The molecule has 18 heavy (non-hydrogen) atoms. The van der Waals surface area contributed by atoms with Crippen molar-refractivity contribution in [3.8, 4) is 0 Å². The van der Waals surface area contributed by atoms with Crippen LogP contribution < -0.4 is 5.32 Å². The molecule has 1 N–H and O–H groups in total. The molecule has 0 atom stereocenters. The second kappa shape index (κ2) is 5.18. The van der Waals surface area contributed by atoms with Gasteiger partial charge in [0.15, 0.2) is 10.5 Å². The van der Waals surface area contributed by atoms with E-state index in [2.05, 4.69) is 21.2 Å². The van der Waals surface area contributed by atoms with Gasteiger partial charge in [-0.15, -0.1) is 0 Å². The molecule has 2 rings (SSSR count). The largest absolute Gasteiger partial charge is 0.457 e. The third-order valence-corrected chi connectivity index (χ3v) is 3.03. The number of benzene rings is 1. The highest BCUT2D eigenvalue weighted by Gasteiger charge is 2.12. The molecule has 0 aliphatic carbocycles. The summed E-state index contributed by atoms with van der Waals surface area (Å²) >= 11 is 3.14. The van der Waals surface area contributed by atoms with Gasteiger partial charge in [0, 0.05) is 11.3 Å². The first kappa shape index (κ1) is 12.6. The van der Waals surface area contributed by atoms with E-state index in [4.69, 9.17) is 4.42 Å². The van der Waals surface area contributed by atoms with Crippen LogP contribution in [0.25, 0.3) is 0 Å². The van der Waals surface area contributed by atoms with Crippen LogP contribution >= 0.6 is 15.9 Å². The van der Waals surface area contributed by atoms with E-state index in [1.807, 2.05) is 0 Å². The van der Waals surface area contributed by atoms with E-state index in [0.717, 1.165) is 0 Å². The first-order valence-electron chi connectivity index (χ1n) is 5.23. The second-order valence-corrected chi connectivity index (χ2v) is 4.42. The van der Waals surface area contributed by atoms with Crippen LogP contribution in [0, 0.1) is 0 Å². The van der Waals surface area contributed by atoms with Crippen molar-refractivity contribution < 1.29 is 14.0 Å². The number of anilines is 1. The first-order chi connectivity index (χ1) is 8.58. The molecule has 1 heterocycles. The topological polar surface area (TPSA) is 59.3 Å². The zero-order valence-corrected chi connectivity index (χ0v) is 11.2. The number of rotatable bonds is 3. The van der Waals surface area contributed by atoms with Gasteiger partial charge >= 0.3 is 0 Å². The van der Waals surface area contributed by atoms with Gasteiger partial charge in [-0.25, -0.2) is 0 Å². The Morgan fingerprint density at radius 2 is 1.83 bits per heavy atom. The van der Waals surface area contributed by atoms with Gasteiger partial charge in [0.25, 0.3) is 5.91 Å². The number of furan rings is 1. The van der Waals surface area contributed by atoms with Crippen LogP contribution in [0.5, 0.6) is 0 Å². The van der Waals surface area contributed by atoms with Crippen molar-refractivity contribution in [1.29, 1.82) is 0 Å². The molecule has 0 aliphatic rings. The van der Waals surface area contributed by atoms with Gasteiger partial charge in [-0.05, 0) is 53.2 Å². The minimum atomic E-state index is -0.272. The Kier molecular flexibility index (Phi) is 3.62. The lowest BCUT2D eigenvalue weighted by atomic mass is 10.1. The minimum absolute atomic E-state index is 0.00884. The lowest BCUT2D eigenvalue weighted by Gasteiger charge is -2.04. The normalized spacial score (nSPS) is 10.1. The van der Waals surface area contributed by atoms with Gasteiger partial charge in [0.2, 0.25) is 0 Å². The number of hydrogen-bond donors (Lipinski definition) is 1. The minimum Gasteiger partial charge on any atom is -0.457 e. The fourth-order valence-electron chi connectivity index (χ4n) is 1.44. The summed E-state index contributed by atoms with van der Waals surface area (Å²) in [7, 11) is 0. The number of carbonyl (C=O) groups is 2. The molecule has 2 aromatic rings. The number of carbonyl (C=O) groups excluding carboxylic acids is 2. The quantitative estimate of drug-likeness (QED) is 0.883. The molecular formula is C13H10BrNO3. The fraction of sp³-hybridized carbons (Fsp3) is 0.0769. The molecule has 0 unspecified atom stereocenters. The van der Waals surface area contributed by atoms with Crippen molar-refractivity contribution in [1.82, 2.24) is 0 Å². The Balaban J connectivity index is 2.13. The van der Waals surface area contributed by atoms with Crippen molar-refractivity contribution in [2.24, 2.45) is 0 Å². The summed E-state index contributed by atoms with van der Waals surface area (Å²) < 4.78 is 5.37. The molecule has 0 aliphatic heterocycles. The molecule has 1 amide bonds. The van der Waals surface area contributed by atoms with Crippen molar-refractivity contribution >= 4 is 33.3 Å². The maximum Gasteiger partial charge on any atom is 0.260 e. The van der Waals surface area contributed by atoms with Crippen LogP contribution in [0.15, 0.2) is 45.7 Å². The molecule has 0 radical (unpaired) electrons. The number of ketones is 1. The zero-order chi connectivity index (χ0) is 13.1. The van der Waals surface area contributed by atoms with E-state index in [1.54, 1.807) is 30.3 Å². The lowest BCUT2D eigenvalue weighted by Crippen LogP contribution is -2.11. The highest BCUT2D eigenvalue weighted by atomic mass is 79.9. The van der Waals surface area contributed by atoms with Gasteiger partial charge in [-0.2, -0.15) is 0 Å². The van der Waals surface area contributed by atoms with Crippen LogP contribution in [0.4, 0.5) is 5.69 Å². The maximum atomic E-state index is 11.8. The first-order valence-corrected chi connectivity index (χ1v) is 6.02. The van der Waals surface area contributed by atoms with E-state index < -0.39 is 0 Å². The van der Waals surface area contributed by atoms with Crippen LogP contribution in [0.3, 0.4) is 0 Å². The zero-order valence-electron chi connectivity index (χ0n) is 9.57. The molecule has 0 bridgehead atoms. The summed E-state index contributed by atoms with van der Waals surface area (Å²) in [6.07, 6.45) is 1.43. The summed E-state index contributed by atoms with van der Waals surface area (Å²) in [5.74, 6) is -0.281. The lowest BCUT2D eigenvalue weighted by molar-refractivity contribution is 0.101. The van der Waals surface area contributed by atoms with Gasteiger partial charge in [0.1, 0.15) is 0 Å². The van der Waals surface area contributed by atoms with Crippen molar-refractivity contribution in [3.63, 3.8) is 0 Å². The number of nitrogens with one attached hydrogen (secondary N) is 1. The van der Waals surface area contributed by atoms with Gasteiger partial charge in [-0.1, -0.05) is 0 Å². The predicted octanol–water partition coefficient (Wildman–Crippen LogP) is 3.50. The number of Topliss-reactive ketones (excluding diaryl/α,β-unsaturated/α-hetero) is 1. The number of amides is 1. The smallest absolute Gasteiger partial charge is 0.260 e. The van der Waals surface area contributed by atoms with Crippen LogP contribution in [0.2, 0.25) is 0 Å². The second-order valence-electron chi connectivity index (χ2n) is 3.70. The maximum absolute atomic E-state index is 11.8. The molecule has 4 nitrogen and oxygen atoms in total. The SMILES string of the molecule is CC(=O)c1ccc(NC(=O)c2ccoc2Br)cc1. The third kappa shape index (κ3) is 2.68. The monoisotopic (exact) mass is 307 g/mol. The highest BCUT2D eigenvalue weighted by molar-refractivity contribution is 9.10. The van der Waals surface area contributed by atoms with Crippen LogP contribution in [-0.2, 0) is 0 Å².